The van der Waals surface area contributed by atoms with E-state index in [0.29, 0.717) is 44.2 Å². The van der Waals surface area contributed by atoms with Crippen molar-refractivity contribution in [3.05, 3.63) is 60.7 Å². The van der Waals surface area contributed by atoms with Gasteiger partial charge in [-0.3, -0.25) is 9.36 Å². The maximum absolute atomic E-state index is 13.3. The van der Waals surface area contributed by atoms with Crippen LogP contribution in [0, 0.1) is 5.92 Å². The van der Waals surface area contributed by atoms with Gasteiger partial charge in [-0.1, -0.05) is 6.07 Å². The van der Waals surface area contributed by atoms with Crippen LogP contribution < -0.4 is 9.80 Å². The fourth-order valence-electron chi connectivity index (χ4n) is 4.73. The highest BCUT2D eigenvalue weighted by Crippen LogP contribution is 2.32. The van der Waals surface area contributed by atoms with Gasteiger partial charge in [0.15, 0.2) is 11.6 Å². The second kappa shape index (κ2) is 9.55. The molecule has 1 aromatic carbocycles. The van der Waals surface area contributed by atoms with Crippen LogP contribution in [0.25, 0.3) is 5.82 Å². The van der Waals surface area contributed by atoms with Gasteiger partial charge >= 0.3 is 6.18 Å². The molecule has 2 aliphatic heterocycles. The molecule has 35 heavy (non-hydrogen) atoms. The first-order chi connectivity index (χ1) is 16.9. The van der Waals surface area contributed by atoms with Crippen molar-refractivity contribution < 1.29 is 18.0 Å². The molecular weight excluding hydrogens is 459 g/mol. The SMILES string of the molecule is O=C(C1CCCN(c2ccc(-n3ccnc3)nn2)C1)N1CCN(c2cccc(C(F)(F)F)c2)CC1. The summed E-state index contributed by atoms with van der Waals surface area (Å²) in [7, 11) is 0. The molecule has 5 rings (SSSR count). The first-order valence-electron chi connectivity index (χ1n) is 11.7. The van der Waals surface area contributed by atoms with Gasteiger partial charge in [-0.2, -0.15) is 13.2 Å². The first kappa shape index (κ1) is 23.1. The van der Waals surface area contributed by atoms with Crippen molar-refractivity contribution >= 4 is 17.4 Å². The van der Waals surface area contributed by atoms with Crippen LogP contribution >= 0.6 is 0 Å². The number of carbonyl (C=O) groups is 1. The van der Waals surface area contributed by atoms with Crippen LogP contribution in [0.1, 0.15) is 18.4 Å². The van der Waals surface area contributed by atoms with Crippen molar-refractivity contribution in [1.82, 2.24) is 24.6 Å². The number of amides is 1. The Morgan fingerprint density at radius 1 is 0.943 bits per heavy atom. The average Bonchev–Trinajstić information content (AvgIpc) is 3.43. The summed E-state index contributed by atoms with van der Waals surface area (Å²) in [6.45, 7) is 3.38. The van der Waals surface area contributed by atoms with E-state index in [-0.39, 0.29) is 11.8 Å². The largest absolute Gasteiger partial charge is 0.416 e. The molecule has 1 unspecified atom stereocenters. The standard InChI is InChI=1S/C24H26F3N7O/c25-24(26,27)19-4-1-5-20(15-19)31-11-13-32(14-12-31)23(35)18-3-2-9-33(16-18)21-6-7-22(30-29-21)34-10-8-28-17-34/h1,4-8,10,15,17-18H,2-3,9,11-14,16H2. The number of piperazine rings is 1. The molecule has 1 amide bonds. The summed E-state index contributed by atoms with van der Waals surface area (Å²) < 4.78 is 41.0. The molecule has 2 saturated heterocycles. The zero-order chi connectivity index (χ0) is 24.4. The molecule has 0 N–H and O–H groups in total. The molecule has 0 radical (unpaired) electrons. The molecule has 2 aromatic heterocycles. The third-order valence-electron chi connectivity index (χ3n) is 6.63. The van der Waals surface area contributed by atoms with Crippen molar-refractivity contribution in [2.45, 2.75) is 19.0 Å². The highest BCUT2D eigenvalue weighted by molar-refractivity contribution is 5.80. The molecule has 11 heteroatoms. The minimum atomic E-state index is -4.37. The van der Waals surface area contributed by atoms with Crippen molar-refractivity contribution in [3.8, 4) is 5.82 Å². The van der Waals surface area contributed by atoms with Crippen LogP contribution in [0.5, 0.6) is 0 Å². The Kier molecular flexibility index (Phi) is 6.31. The summed E-state index contributed by atoms with van der Waals surface area (Å²) >= 11 is 0. The zero-order valence-electron chi connectivity index (χ0n) is 19.1. The maximum atomic E-state index is 13.3. The minimum Gasteiger partial charge on any atom is -0.368 e. The van der Waals surface area contributed by atoms with Gasteiger partial charge in [-0.15, -0.1) is 10.2 Å². The number of carbonyl (C=O) groups excluding carboxylic acids is 1. The Morgan fingerprint density at radius 3 is 2.40 bits per heavy atom. The van der Waals surface area contributed by atoms with Crippen molar-refractivity contribution in [3.63, 3.8) is 0 Å². The van der Waals surface area contributed by atoms with Gasteiger partial charge in [0.25, 0.3) is 0 Å². The Bertz CT molecular complexity index is 1140. The van der Waals surface area contributed by atoms with Gasteiger partial charge in [-0.05, 0) is 43.2 Å². The first-order valence-corrected chi connectivity index (χ1v) is 11.7. The fraction of sp³-hybridized carbons (Fsp3) is 0.417. The van der Waals surface area contributed by atoms with E-state index in [1.165, 1.54) is 12.1 Å². The lowest BCUT2D eigenvalue weighted by atomic mass is 9.96. The van der Waals surface area contributed by atoms with Crippen LogP contribution in [0.4, 0.5) is 24.7 Å². The smallest absolute Gasteiger partial charge is 0.368 e. The molecule has 4 heterocycles. The zero-order valence-corrected chi connectivity index (χ0v) is 19.1. The summed E-state index contributed by atoms with van der Waals surface area (Å²) in [6, 6.07) is 9.15. The van der Waals surface area contributed by atoms with E-state index in [1.54, 1.807) is 29.4 Å². The molecule has 2 fully saturated rings. The number of rotatable bonds is 4. The second-order valence-corrected chi connectivity index (χ2v) is 8.87. The molecule has 184 valence electrons. The second-order valence-electron chi connectivity index (χ2n) is 8.87. The Balaban J connectivity index is 1.18. The summed E-state index contributed by atoms with van der Waals surface area (Å²) in [6.07, 6.45) is 2.45. The number of alkyl halides is 3. The lowest BCUT2D eigenvalue weighted by Gasteiger charge is -2.40. The third-order valence-corrected chi connectivity index (χ3v) is 6.63. The fourth-order valence-corrected chi connectivity index (χ4v) is 4.73. The number of aromatic nitrogens is 4. The molecule has 0 spiro atoms. The average molecular weight is 486 g/mol. The van der Waals surface area contributed by atoms with Gasteiger partial charge in [-0.25, -0.2) is 4.98 Å². The predicted octanol–water partition coefficient (Wildman–Crippen LogP) is 3.25. The predicted molar refractivity (Wildman–Crippen MR) is 124 cm³/mol. The summed E-state index contributed by atoms with van der Waals surface area (Å²) in [4.78, 5) is 23.1. The van der Waals surface area contributed by atoms with Crippen LogP contribution in [-0.4, -0.2) is 69.8 Å². The molecule has 8 nitrogen and oxygen atoms in total. The van der Waals surface area contributed by atoms with E-state index >= 15 is 0 Å². The van der Waals surface area contributed by atoms with E-state index in [4.69, 9.17) is 0 Å². The number of anilines is 2. The lowest BCUT2D eigenvalue weighted by molar-refractivity contribution is -0.137. The normalized spacial score (nSPS) is 19.2. The quantitative estimate of drug-likeness (QED) is 0.565. The highest BCUT2D eigenvalue weighted by atomic mass is 19.4. The molecule has 1 atom stereocenters. The van der Waals surface area contributed by atoms with E-state index in [1.807, 2.05) is 21.9 Å². The van der Waals surface area contributed by atoms with E-state index in [2.05, 4.69) is 20.1 Å². The number of hydrogen-bond donors (Lipinski definition) is 0. The number of halogens is 3. The van der Waals surface area contributed by atoms with Crippen LogP contribution in [0.2, 0.25) is 0 Å². The molecule has 0 aliphatic carbocycles. The third kappa shape index (κ3) is 5.08. The topological polar surface area (TPSA) is 70.4 Å². The number of benzene rings is 1. The van der Waals surface area contributed by atoms with Crippen molar-refractivity contribution in [1.29, 1.82) is 0 Å². The van der Waals surface area contributed by atoms with E-state index < -0.39 is 11.7 Å². The molecule has 0 bridgehead atoms. The molecule has 2 aliphatic rings. The Morgan fingerprint density at radius 2 is 1.71 bits per heavy atom. The monoisotopic (exact) mass is 485 g/mol. The van der Waals surface area contributed by atoms with E-state index in [9.17, 15) is 18.0 Å². The summed E-state index contributed by atoms with van der Waals surface area (Å²) in [5, 5.41) is 8.62. The van der Waals surface area contributed by atoms with Crippen LogP contribution in [-0.2, 0) is 11.0 Å². The van der Waals surface area contributed by atoms with E-state index in [0.717, 1.165) is 31.3 Å². The minimum absolute atomic E-state index is 0.0985. The van der Waals surface area contributed by atoms with Crippen LogP contribution in [0.15, 0.2) is 55.1 Å². The number of nitrogens with zero attached hydrogens (tertiary/aromatic N) is 7. The number of hydrogen-bond acceptors (Lipinski definition) is 6. The van der Waals surface area contributed by atoms with Gasteiger partial charge in [0.2, 0.25) is 5.91 Å². The summed E-state index contributed by atoms with van der Waals surface area (Å²) in [5.41, 5.74) is -0.120. The molecule has 0 saturated carbocycles. The Hall–Kier alpha value is -3.63. The molecular formula is C24H26F3N7O. The van der Waals surface area contributed by atoms with Crippen LogP contribution in [0.3, 0.4) is 0 Å². The van der Waals surface area contributed by atoms with Gasteiger partial charge in [0.05, 0.1) is 11.5 Å². The Labute approximate surface area is 201 Å². The lowest BCUT2D eigenvalue weighted by Crippen LogP contribution is -2.52. The highest BCUT2D eigenvalue weighted by Gasteiger charge is 2.33. The van der Waals surface area contributed by atoms with Crippen molar-refractivity contribution in [2.24, 2.45) is 5.92 Å². The molecule has 3 aromatic rings. The van der Waals surface area contributed by atoms with Crippen molar-refractivity contribution in [2.75, 3.05) is 49.1 Å². The maximum Gasteiger partial charge on any atom is 0.416 e. The number of imidazole rings is 1. The van der Waals surface area contributed by atoms with Gasteiger partial charge in [0, 0.05) is 57.3 Å². The summed E-state index contributed by atoms with van der Waals surface area (Å²) in [5.74, 6) is 1.37. The number of piperidine rings is 1. The van der Waals surface area contributed by atoms with Gasteiger partial charge < -0.3 is 14.7 Å². The van der Waals surface area contributed by atoms with Gasteiger partial charge in [0.1, 0.15) is 6.33 Å².